The van der Waals surface area contributed by atoms with Crippen molar-refractivity contribution in [3.63, 3.8) is 0 Å². The molecule has 1 unspecified atom stereocenters. The average molecular weight is 309 g/mol. The van der Waals surface area contributed by atoms with Crippen molar-refractivity contribution in [2.24, 2.45) is 0 Å². The molecule has 0 spiro atoms. The van der Waals surface area contributed by atoms with E-state index in [4.69, 9.17) is 4.98 Å². The first-order valence-electron chi connectivity index (χ1n) is 7.14. The number of hydrogen-bond donors (Lipinski definition) is 1. The fourth-order valence-electron chi connectivity index (χ4n) is 2.17. The van der Waals surface area contributed by atoms with Gasteiger partial charge in [0.05, 0.1) is 10.7 Å². The van der Waals surface area contributed by atoms with E-state index in [0.29, 0.717) is 6.04 Å². The van der Waals surface area contributed by atoms with Gasteiger partial charge in [-0.3, -0.25) is 0 Å². The Hall–Kier alpha value is -0.710. The van der Waals surface area contributed by atoms with Crippen LogP contribution in [0.25, 0.3) is 0 Å². The van der Waals surface area contributed by atoms with Crippen molar-refractivity contribution in [1.82, 2.24) is 10.3 Å². The van der Waals surface area contributed by atoms with Crippen LogP contribution in [0.3, 0.4) is 0 Å². The highest BCUT2D eigenvalue weighted by Crippen LogP contribution is 2.30. The maximum absolute atomic E-state index is 4.83. The van der Waals surface area contributed by atoms with E-state index in [2.05, 4.69) is 56.8 Å². The van der Waals surface area contributed by atoms with Gasteiger partial charge in [0, 0.05) is 28.1 Å². The summed E-state index contributed by atoms with van der Waals surface area (Å²) in [6.45, 7) is 12.0. The van der Waals surface area contributed by atoms with Crippen molar-refractivity contribution < 1.29 is 0 Å². The summed E-state index contributed by atoms with van der Waals surface area (Å²) >= 11 is 3.63. The molecule has 0 saturated carbocycles. The number of aryl methyl sites for hydroxylation is 1. The lowest BCUT2D eigenvalue weighted by Gasteiger charge is -2.17. The quantitative estimate of drug-likeness (QED) is 0.865. The molecule has 0 aliphatic carbocycles. The largest absolute Gasteiger partial charge is 0.309 e. The molecule has 0 bridgehead atoms. The number of thiophene rings is 1. The second kappa shape index (κ2) is 6.37. The summed E-state index contributed by atoms with van der Waals surface area (Å²) in [7, 11) is 0. The first-order chi connectivity index (χ1) is 9.41. The van der Waals surface area contributed by atoms with Crippen LogP contribution in [0.4, 0.5) is 0 Å². The molecule has 1 atom stereocenters. The van der Waals surface area contributed by atoms with Gasteiger partial charge in [0.1, 0.15) is 0 Å². The van der Waals surface area contributed by atoms with E-state index in [1.165, 1.54) is 21.1 Å². The van der Waals surface area contributed by atoms with Gasteiger partial charge in [-0.15, -0.1) is 22.7 Å². The summed E-state index contributed by atoms with van der Waals surface area (Å²) in [5.41, 5.74) is 2.73. The molecule has 0 aromatic carbocycles. The molecule has 2 aromatic rings. The van der Waals surface area contributed by atoms with Gasteiger partial charge in [0.15, 0.2) is 0 Å². The topological polar surface area (TPSA) is 24.9 Å². The zero-order chi connectivity index (χ0) is 14.8. The molecule has 0 amide bonds. The fourth-order valence-corrected chi connectivity index (χ4v) is 4.24. The molecule has 2 heterocycles. The minimum Gasteiger partial charge on any atom is -0.309 e. The molecule has 110 valence electrons. The van der Waals surface area contributed by atoms with E-state index in [1.54, 1.807) is 11.3 Å². The molecule has 2 rings (SSSR count). The van der Waals surface area contributed by atoms with Gasteiger partial charge in [-0.1, -0.05) is 27.7 Å². The number of hydrogen-bond acceptors (Lipinski definition) is 4. The molecule has 4 heteroatoms. The highest BCUT2D eigenvalue weighted by molar-refractivity contribution is 7.10. The van der Waals surface area contributed by atoms with Gasteiger partial charge in [0.25, 0.3) is 0 Å². The summed E-state index contributed by atoms with van der Waals surface area (Å²) in [5.74, 6) is 0. The molecule has 1 N–H and O–H groups in total. The standard InChI is InChI=1S/C16H24N2S2/c1-6-17-12(15-11(2)7-8-19-15)9-14-18-13(10-20-14)16(3,4)5/h7-8,10,12,17H,6,9H2,1-5H3. The maximum atomic E-state index is 4.83. The van der Waals surface area contributed by atoms with E-state index in [-0.39, 0.29) is 5.41 Å². The lowest BCUT2D eigenvalue weighted by molar-refractivity contribution is 0.544. The minimum atomic E-state index is 0.140. The summed E-state index contributed by atoms with van der Waals surface area (Å²) < 4.78 is 0. The Balaban J connectivity index is 2.17. The smallest absolute Gasteiger partial charge is 0.0947 e. The Morgan fingerprint density at radius 3 is 2.55 bits per heavy atom. The van der Waals surface area contributed by atoms with Crippen LogP contribution in [-0.2, 0) is 11.8 Å². The monoisotopic (exact) mass is 308 g/mol. The van der Waals surface area contributed by atoms with E-state index >= 15 is 0 Å². The molecule has 0 aliphatic heterocycles. The third-order valence-electron chi connectivity index (χ3n) is 3.37. The zero-order valence-corrected chi connectivity index (χ0v) is 14.6. The molecule has 20 heavy (non-hydrogen) atoms. The maximum Gasteiger partial charge on any atom is 0.0947 e. The van der Waals surface area contributed by atoms with Gasteiger partial charge in [-0.25, -0.2) is 4.98 Å². The molecular weight excluding hydrogens is 284 g/mol. The highest BCUT2D eigenvalue weighted by atomic mass is 32.1. The van der Waals surface area contributed by atoms with Crippen LogP contribution in [0.2, 0.25) is 0 Å². The van der Waals surface area contributed by atoms with Crippen LogP contribution < -0.4 is 5.32 Å². The number of aromatic nitrogens is 1. The Bertz CT molecular complexity index is 549. The third-order valence-corrected chi connectivity index (χ3v) is 5.37. The van der Waals surface area contributed by atoms with E-state index in [9.17, 15) is 0 Å². The second-order valence-electron chi connectivity index (χ2n) is 6.16. The lowest BCUT2D eigenvalue weighted by atomic mass is 9.93. The van der Waals surface area contributed by atoms with Gasteiger partial charge < -0.3 is 5.32 Å². The van der Waals surface area contributed by atoms with Crippen LogP contribution in [0.1, 0.15) is 54.9 Å². The molecule has 0 aliphatic rings. The zero-order valence-electron chi connectivity index (χ0n) is 13.0. The van der Waals surface area contributed by atoms with E-state index in [0.717, 1.165) is 13.0 Å². The van der Waals surface area contributed by atoms with Crippen LogP contribution in [0, 0.1) is 6.92 Å². The van der Waals surface area contributed by atoms with Crippen molar-refractivity contribution in [1.29, 1.82) is 0 Å². The molecular formula is C16H24N2S2. The summed E-state index contributed by atoms with van der Waals surface area (Å²) in [5, 5.41) is 9.22. The summed E-state index contributed by atoms with van der Waals surface area (Å²) in [4.78, 5) is 6.27. The molecule has 2 aromatic heterocycles. The number of nitrogens with zero attached hydrogens (tertiary/aromatic N) is 1. The van der Waals surface area contributed by atoms with Gasteiger partial charge in [-0.05, 0) is 30.5 Å². The van der Waals surface area contributed by atoms with E-state index in [1.807, 2.05) is 11.3 Å². The highest BCUT2D eigenvalue weighted by Gasteiger charge is 2.20. The van der Waals surface area contributed by atoms with Gasteiger partial charge >= 0.3 is 0 Å². The Labute approximate surface area is 130 Å². The number of nitrogens with one attached hydrogen (secondary N) is 1. The van der Waals surface area contributed by atoms with Crippen molar-refractivity contribution in [3.8, 4) is 0 Å². The van der Waals surface area contributed by atoms with Crippen LogP contribution in [-0.4, -0.2) is 11.5 Å². The SMILES string of the molecule is CCNC(Cc1nc(C(C)(C)C)cs1)c1sccc1C. The summed E-state index contributed by atoms with van der Waals surface area (Å²) in [6, 6.07) is 2.59. The molecule has 2 nitrogen and oxygen atoms in total. The molecule has 0 fully saturated rings. The predicted molar refractivity (Wildman–Crippen MR) is 90.0 cm³/mol. The van der Waals surface area contributed by atoms with Crippen LogP contribution in [0.15, 0.2) is 16.8 Å². The average Bonchev–Trinajstić information content (AvgIpc) is 2.96. The van der Waals surface area contributed by atoms with Crippen LogP contribution >= 0.6 is 22.7 Å². The van der Waals surface area contributed by atoms with E-state index < -0.39 is 0 Å². The first kappa shape index (κ1) is 15.7. The Morgan fingerprint density at radius 1 is 1.30 bits per heavy atom. The lowest BCUT2D eigenvalue weighted by Crippen LogP contribution is -2.22. The Kier molecular flexibility index (Phi) is 4.99. The van der Waals surface area contributed by atoms with Crippen LogP contribution in [0.5, 0.6) is 0 Å². The van der Waals surface area contributed by atoms with Crippen molar-refractivity contribution in [3.05, 3.63) is 38.0 Å². The number of likely N-dealkylation sites (N-methyl/N-ethyl adjacent to an activating group) is 1. The first-order valence-corrected chi connectivity index (χ1v) is 8.90. The Morgan fingerprint density at radius 2 is 2.05 bits per heavy atom. The number of thiazole rings is 1. The molecule has 0 saturated heterocycles. The van der Waals surface area contributed by atoms with Crippen molar-refractivity contribution >= 4 is 22.7 Å². The third kappa shape index (κ3) is 3.68. The second-order valence-corrected chi connectivity index (χ2v) is 8.05. The fraction of sp³-hybridized carbons (Fsp3) is 0.562. The van der Waals surface area contributed by atoms with Gasteiger partial charge in [-0.2, -0.15) is 0 Å². The normalized spacial score (nSPS) is 13.7. The summed E-state index contributed by atoms with van der Waals surface area (Å²) in [6.07, 6.45) is 0.982. The predicted octanol–water partition coefficient (Wildman–Crippen LogP) is 4.70. The molecule has 0 radical (unpaired) electrons. The van der Waals surface area contributed by atoms with Crippen molar-refractivity contribution in [2.75, 3.05) is 6.54 Å². The minimum absolute atomic E-state index is 0.140. The number of rotatable bonds is 5. The van der Waals surface area contributed by atoms with Gasteiger partial charge in [0.2, 0.25) is 0 Å². The van der Waals surface area contributed by atoms with Crippen molar-refractivity contribution in [2.45, 2.75) is 52.5 Å².